The Labute approximate surface area is 218 Å². The Kier molecular flexibility index (Phi) is 7.07. The standard InChI is InChI=1S/C27H35N9O/c1-27(2,26-30-10-8-23(32-26)34-15-13-33(3)14-16-34)24(36-19-31-21-18-29-9-7-22(21)36)20(17-28)25(37)35-11-5-4-6-12-35/h7-10,19,21H,4-6,11-16,18H2,1-3H3. The lowest BCUT2D eigenvalue weighted by Crippen LogP contribution is -2.45. The number of dihydropyridines is 1. The number of hydrogen-bond donors (Lipinski definition) is 0. The molecule has 0 saturated carbocycles. The second-order valence-electron chi connectivity index (χ2n) is 10.6. The number of nitriles is 1. The van der Waals surface area contributed by atoms with Crippen LogP contribution in [0.25, 0.3) is 0 Å². The molecule has 0 aromatic carbocycles. The topological polar surface area (TPSA) is 104 Å². The quantitative estimate of drug-likeness (QED) is 0.449. The van der Waals surface area contributed by atoms with E-state index in [2.05, 4.69) is 37.9 Å². The second kappa shape index (κ2) is 10.4. The lowest BCUT2D eigenvalue weighted by atomic mass is 9.83. The van der Waals surface area contributed by atoms with Crippen molar-refractivity contribution in [3.63, 3.8) is 0 Å². The number of carbonyl (C=O) groups excluding carboxylic acids is 1. The van der Waals surface area contributed by atoms with Crippen LogP contribution in [0.2, 0.25) is 0 Å². The molecule has 4 aliphatic heterocycles. The molecule has 5 heterocycles. The predicted molar refractivity (Wildman–Crippen MR) is 143 cm³/mol. The SMILES string of the molecule is CN1CCN(c2ccnc(C(C)(C)C(=C(C#N)C(=O)N3CCCCC3)N3C=NC4CN=CC=C43)n2)CC1. The number of fused-ring (bicyclic) bond motifs is 1. The highest BCUT2D eigenvalue weighted by molar-refractivity contribution is 5.99. The first-order chi connectivity index (χ1) is 17.9. The van der Waals surface area contributed by atoms with Gasteiger partial charge in [-0.05, 0) is 52.3 Å². The lowest BCUT2D eigenvalue weighted by molar-refractivity contribution is -0.127. The molecule has 0 spiro atoms. The predicted octanol–water partition coefficient (Wildman–Crippen LogP) is 1.98. The lowest BCUT2D eigenvalue weighted by Gasteiger charge is -2.37. The van der Waals surface area contributed by atoms with E-state index in [0.717, 1.165) is 57.0 Å². The number of likely N-dealkylation sites (N-methyl/N-ethyl adjacent to an activating group) is 1. The third kappa shape index (κ3) is 4.88. The largest absolute Gasteiger partial charge is 0.354 e. The van der Waals surface area contributed by atoms with Crippen molar-refractivity contribution in [1.82, 2.24) is 24.7 Å². The highest BCUT2D eigenvalue weighted by Gasteiger charge is 2.42. The van der Waals surface area contributed by atoms with Crippen molar-refractivity contribution in [2.45, 2.75) is 44.6 Å². The van der Waals surface area contributed by atoms with Gasteiger partial charge in [0.2, 0.25) is 0 Å². The number of piperazine rings is 1. The first kappa shape index (κ1) is 25.1. The molecule has 194 valence electrons. The Balaban J connectivity index is 1.59. The summed E-state index contributed by atoms with van der Waals surface area (Å²) >= 11 is 0. The summed E-state index contributed by atoms with van der Waals surface area (Å²) in [5.41, 5.74) is 0.743. The van der Waals surface area contributed by atoms with Gasteiger partial charge in [0.05, 0.1) is 29.7 Å². The van der Waals surface area contributed by atoms with Gasteiger partial charge in [0.25, 0.3) is 5.91 Å². The van der Waals surface area contributed by atoms with Crippen LogP contribution >= 0.6 is 0 Å². The van der Waals surface area contributed by atoms with Gasteiger partial charge in [0.1, 0.15) is 29.3 Å². The van der Waals surface area contributed by atoms with Crippen molar-refractivity contribution in [3.05, 3.63) is 41.1 Å². The maximum absolute atomic E-state index is 13.8. The Morgan fingerprint density at radius 2 is 1.86 bits per heavy atom. The molecule has 0 N–H and O–H groups in total. The van der Waals surface area contributed by atoms with E-state index in [-0.39, 0.29) is 17.5 Å². The van der Waals surface area contributed by atoms with Crippen LogP contribution in [-0.4, -0.2) is 102 Å². The summed E-state index contributed by atoms with van der Waals surface area (Å²) in [7, 11) is 2.13. The van der Waals surface area contributed by atoms with E-state index < -0.39 is 5.41 Å². The summed E-state index contributed by atoms with van der Waals surface area (Å²) in [5, 5.41) is 10.4. The molecule has 1 aromatic rings. The van der Waals surface area contributed by atoms with Gasteiger partial charge in [-0.3, -0.25) is 14.8 Å². The number of aromatic nitrogens is 2. The van der Waals surface area contributed by atoms with E-state index in [4.69, 9.17) is 4.98 Å². The molecular weight excluding hydrogens is 466 g/mol. The molecule has 5 rings (SSSR count). The fraction of sp³-hybridized carbons (Fsp3) is 0.556. The molecule has 10 heteroatoms. The number of carbonyl (C=O) groups is 1. The molecule has 0 bridgehead atoms. The van der Waals surface area contributed by atoms with Crippen molar-refractivity contribution in [1.29, 1.82) is 5.26 Å². The smallest absolute Gasteiger partial charge is 0.266 e. The van der Waals surface area contributed by atoms with Crippen molar-refractivity contribution in [2.24, 2.45) is 9.98 Å². The summed E-state index contributed by atoms with van der Waals surface area (Å²) in [4.78, 5) is 40.7. The molecular formula is C27H35N9O. The maximum Gasteiger partial charge on any atom is 0.266 e. The van der Waals surface area contributed by atoms with Crippen LogP contribution in [0.15, 0.2) is 45.3 Å². The molecule has 1 amide bonds. The number of rotatable bonds is 5. The zero-order chi connectivity index (χ0) is 26.0. The minimum absolute atomic E-state index is 0.121. The summed E-state index contributed by atoms with van der Waals surface area (Å²) in [6.45, 7) is 9.58. The minimum atomic E-state index is -0.852. The first-order valence-electron chi connectivity index (χ1n) is 13.1. The van der Waals surface area contributed by atoms with Crippen molar-refractivity contribution >= 4 is 24.3 Å². The van der Waals surface area contributed by atoms with Gasteiger partial charge in [0, 0.05) is 51.7 Å². The van der Waals surface area contributed by atoms with Crippen LogP contribution in [0.3, 0.4) is 0 Å². The number of hydrogen-bond acceptors (Lipinski definition) is 9. The van der Waals surface area contributed by atoms with Gasteiger partial charge in [-0.25, -0.2) is 9.97 Å². The highest BCUT2D eigenvalue weighted by Crippen LogP contribution is 2.39. The van der Waals surface area contributed by atoms with Crippen LogP contribution in [-0.2, 0) is 10.2 Å². The molecule has 37 heavy (non-hydrogen) atoms. The molecule has 0 aliphatic carbocycles. The van der Waals surface area contributed by atoms with Gasteiger partial charge in [-0.2, -0.15) is 5.26 Å². The van der Waals surface area contributed by atoms with Crippen molar-refractivity contribution < 1.29 is 4.79 Å². The molecule has 0 radical (unpaired) electrons. The molecule has 2 fully saturated rings. The molecule has 1 unspecified atom stereocenters. The number of piperidine rings is 1. The van der Waals surface area contributed by atoms with Crippen LogP contribution in [0.5, 0.6) is 0 Å². The van der Waals surface area contributed by atoms with Gasteiger partial charge >= 0.3 is 0 Å². The van der Waals surface area contributed by atoms with Gasteiger partial charge < -0.3 is 19.6 Å². The zero-order valence-corrected chi connectivity index (χ0v) is 22.0. The summed E-state index contributed by atoms with van der Waals surface area (Å²) < 4.78 is 0. The van der Waals surface area contributed by atoms with E-state index in [1.807, 2.05) is 30.9 Å². The van der Waals surface area contributed by atoms with Gasteiger partial charge in [-0.1, -0.05) is 0 Å². The summed E-state index contributed by atoms with van der Waals surface area (Å²) in [6, 6.07) is 4.09. The number of nitrogens with zero attached hydrogens (tertiary/aromatic N) is 9. The monoisotopic (exact) mass is 501 g/mol. The van der Waals surface area contributed by atoms with E-state index in [0.29, 0.717) is 31.2 Å². The van der Waals surface area contributed by atoms with Gasteiger partial charge in [0.15, 0.2) is 0 Å². The van der Waals surface area contributed by atoms with Crippen LogP contribution in [0, 0.1) is 11.3 Å². The normalized spacial score (nSPS) is 22.9. The first-order valence-corrected chi connectivity index (χ1v) is 13.1. The third-order valence-electron chi connectivity index (χ3n) is 7.68. The fourth-order valence-corrected chi connectivity index (χ4v) is 5.42. The number of amides is 1. The fourth-order valence-electron chi connectivity index (χ4n) is 5.42. The average molecular weight is 502 g/mol. The van der Waals surface area contributed by atoms with Crippen molar-refractivity contribution in [2.75, 3.05) is 57.8 Å². The zero-order valence-electron chi connectivity index (χ0n) is 22.0. The van der Waals surface area contributed by atoms with E-state index in [1.165, 1.54) is 0 Å². The van der Waals surface area contributed by atoms with Crippen LogP contribution < -0.4 is 4.90 Å². The number of aliphatic imine (C=N–C) groups is 2. The number of allylic oxidation sites excluding steroid dienone is 2. The molecule has 10 nitrogen and oxygen atoms in total. The second-order valence-corrected chi connectivity index (χ2v) is 10.6. The number of anilines is 1. The minimum Gasteiger partial charge on any atom is -0.354 e. The average Bonchev–Trinajstić information content (AvgIpc) is 3.35. The summed E-state index contributed by atoms with van der Waals surface area (Å²) in [5.74, 6) is 1.20. The molecule has 1 atom stereocenters. The van der Waals surface area contributed by atoms with Crippen LogP contribution in [0.1, 0.15) is 38.9 Å². The van der Waals surface area contributed by atoms with Gasteiger partial charge in [-0.15, -0.1) is 0 Å². The van der Waals surface area contributed by atoms with E-state index >= 15 is 0 Å². The van der Waals surface area contributed by atoms with Crippen LogP contribution in [0.4, 0.5) is 5.82 Å². The number of likely N-dealkylation sites (tertiary alicyclic amines) is 1. The Bertz CT molecular complexity index is 1190. The molecule has 1 aromatic heterocycles. The third-order valence-corrected chi connectivity index (χ3v) is 7.68. The molecule has 4 aliphatic rings. The Morgan fingerprint density at radius 1 is 1.11 bits per heavy atom. The molecule has 2 saturated heterocycles. The highest BCUT2D eigenvalue weighted by atomic mass is 16.2. The Morgan fingerprint density at radius 3 is 2.59 bits per heavy atom. The van der Waals surface area contributed by atoms with E-state index in [9.17, 15) is 10.1 Å². The summed E-state index contributed by atoms with van der Waals surface area (Å²) in [6.07, 6.45) is 10.2. The maximum atomic E-state index is 13.8. The van der Waals surface area contributed by atoms with Crippen molar-refractivity contribution in [3.8, 4) is 6.07 Å². The Hall–Kier alpha value is -3.58. The van der Waals surface area contributed by atoms with E-state index in [1.54, 1.807) is 23.6 Å².